The van der Waals surface area contributed by atoms with Crippen molar-refractivity contribution in [1.29, 1.82) is 0 Å². The summed E-state index contributed by atoms with van der Waals surface area (Å²) in [6.07, 6.45) is 23.4. The van der Waals surface area contributed by atoms with Crippen molar-refractivity contribution in [3.8, 4) is 0 Å². The fourth-order valence-corrected chi connectivity index (χ4v) is 6.60. The molecule has 0 spiro atoms. The van der Waals surface area contributed by atoms with Gasteiger partial charge in [-0.05, 0) is 37.5 Å². The molecule has 0 radical (unpaired) electrons. The second kappa shape index (κ2) is 28.4. The summed E-state index contributed by atoms with van der Waals surface area (Å²) in [7, 11) is 0. The Kier molecular flexibility index (Phi) is 26.3. The van der Waals surface area contributed by atoms with Gasteiger partial charge in [0.1, 0.15) is 6.61 Å². The Morgan fingerprint density at radius 1 is 0.745 bits per heavy atom. The fourth-order valence-electron chi connectivity index (χ4n) is 6.60. The molecule has 47 heavy (non-hydrogen) atoms. The van der Waals surface area contributed by atoms with E-state index in [9.17, 15) is 30.0 Å². The standard InChI is InChI=1S/C39H72O8/c1-4-5-16-22-32(41)26-27-35-34(36(42)28-37(35)43)23-18-14-15-19-24-38(44)46-30-33(29-40)47-39(45)25-20-13-11-9-7-6-8-10-12-17-21-31(2)3/h26-27,31-37,40-43H,4-25,28-30H2,1-3H3/b27-26+/t32-,33-,34+,35+,36-,37+/m0/s1. The molecule has 0 aromatic heterocycles. The third kappa shape index (κ3) is 22.7. The highest BCUT2D eigenvalue weighted by atomic mass is 16.6. The van der Waals surface area contributed by atoms with E-state index in [2.05, 4.69) is 20.8 Å². The van der Waals surface area contributed by atoms with Crippen molar-refractivity contribution in [3.05, 3.63) is 12.2 Å². The third-order valence-corrected chi connectivity index (χ3v) is 9.59. The topological polar surface area (TPSA) is 134 Å². The van der Waals surface area contributed by atoms with Crippen molar-refractivity contribution in [2.24, 2.45) is 17.8 Å². The number of aliphatic hydroxyl groups excluding tert-OH is 4. The monoisotopic (exact) mass is 669 g/mol. The van der Waals surface area contributed by atoms with Crippen molar-refractivity contribution in [2.45, 2.75) is 193 Å². The molecule has 1 rings (SSSR count). The molecular formula is C39H72O8. The van der Waals surface area contributed by atoms with Crippen LogP contribution in [0, 0.1) is 17.8 Å². The van der Waals surface area contributed by atoms with E-state index in [-0.39, 0.29) is 43.4 Å². The van der Waals surface area contributed by atoms with Gasteiger partial charge in [-0.1, -0.05) is 136 Å². The van der Waals surface area contributed by atoms with Crippen LogP contribution in [-0.2, 0) is 19.1 Å². The van der Waals surface area contributed by atoms with Crippen LogP contribution in [0.1, 0.15) is 168 Å². The number of esters is 2. The van der Waals surface area contributed by atoms with Crippen LogP contribution in [0.5, 0.6) is 0 Å². The summed E-state index contributed by atoms with van der Waals surface area (Å²) in [6.45, 7) is 6.18. The van der Waals surface area contributed by atoms with E-state index in [1.54, 1.807) is 6.08 Å². The van der Waals surface area contributed by atoms with Crippen LogP contribution < -0.4 is 0 Å². The Bertz CT molecular complexity index is 800. The lowest BCUT2D eigenvalue weighted by atomic mass is 9.88. The summed E-state index contributed by atoms with van der Waals surface area (Å²) in [6, 6.07) is 0. The van der Waals surface area contributed by atoms with E-state index in [1.807, 2.05) is 6.08 Å². The summed E-state index contributed by atoms with van der Waals surface area (Å²) < 4.78 is 10.6. The van der Waals surface area contributed by atoms with Gasteiger partial charge in [-0.3, -0.25) is 9.59 Å². The lowest BCUT2D eigenvalue weighted by molar-refractivity contribution is -0.161. The lowest BCUT2D eigenvalue weighted by Crippen LogP contribution is -2.28. The maximum Gasteiger partial charge on any atom is 0.306 e. The average molecular weight is 669 g/mol. The van der Waals surface area contributed by atoms with E-state index in [0.29, 0.717) is 25.7 Å². The molecule has 1 saturated carbocycles. The van der Waals surface area contributed by atoms with Gasteiger partial charge in [-0.15, -0.1) is 0 Å². The second-order valence-electron chi connectivity index (χ2n) is 14.5. The third-order valence-electron chi connectivity index (χ3n) is 9.59. The number of hydrogen-bond acceptors (Lipinski definition) is 8. The van der Waals surface area contributed by atoms with Crippen molar-refractivity contribution < 1.29 is 39.5 Å². The highest BCUT2D eigenvalue weighted by molar-refractivity contribution is 5.70. The minimum absolute atomic E-state index is 0.0313. The normalized spacial score (nSPS) is 21.0. The molecule has 0 aromatic carbocycles. The van der Waals surface area contributed by atoms with Crippen LogP contribution in [0.4, 0.5) is 0 Å². The van der Waals surface area contributed by atoms with Crippen molar-refractivity contribution >= 4 is 11.9 Å². The first-order chi connectivity index (χ1) is 22.7. The summed E-state index contributed by atoms with van der Waals surface area (Å²) in [5.41, 5.74) is 0. The van der Waals surface area contributed by atoms with E-state index < -0.39 is 24.4 Å². The molecule has 0 heterocycles. The molecule has 0 saturated heterocycles. The molecule has 4 N–H and O–H groups in total. The smallest absolute Gasteiger partial charge is 0.306 e. The molecule has 276 valence electrons. The summed E-state index contributed by atoms with van der Waals surface area (Å²) in [4.78, 5) is 24.4. The van der Waals surface area contributed by atoms with Gasteiger partial charge in [-0.2, -0.15) is 0 Å². The summed E-state index contributed by atoms with van der Waals surface area (Å²) >= 11 is 0. The zero-order chi connectivity index (χ0) is 34.7. The molecule has 0 aliphatic heterocycles. The maximum atomic E-state index is 12.2. The maximum absolute atomic E-state index is 12.2. The molecule has 8 nitrogen and oxygen atoms in total. The number of carbonyl (C=O) groups is 2. The minimum Gasteiger partial charge on any atom is -0.462 e. The van der Waals surface area contributed by atoms with Gasteiger partial charge in [0.25, 0.3) is 0 Å². The quantitative estimate of drug-likeness (QED) is 0.0344. The molecule has 0 bridgehead atoms. The van der Waals surface area contributed by atoms with Crippen LogP contribution in [0.3, 0.4) is 0 Å². The van der Waals surface area contributed by atoms with Crippen LogP contribution >= 0.6 is 0 Å². The SMILES string of the molecule is CCCCC[C@H](O)/C=C/[C@@H]1[C@@H](CCCCCCC(=O)OC[C@H](CO)OC(=O)CCCCCCCCCCCCC(C)C)[C@@H](O)C[C@H]1O. The molecular weight excluding hydrogens is 596 g/mol. The van der Waals surface area contributed by atoms with Crippen molar-refractivity contribution in [1.82, 2.24) is 0 Å². The number of ether oxygens (including phenoxy) is 2. The van der Waals surface area contributed by atoms with Gasteiger partial charge in [0.2, 0.25) is 0 Å². The second-order valence-corrected chi connectivity index (χ2v) is 14.5. The van der Waals surface area contributed by atoms with E-state index >= 15 is 0 Å². The van der Waals surface area contributed by atoms with E-state index in [4.69, 9.17) is 9.47 Å². The first-order valence-electron chi connectivity index (χ1n) is 19.4. The van der Waals surface area contributed by atoms with Gasteiger partial charge in [0.05, 0.1) is 24.9 Å². The Morgan fingerprint density at radius 3 is 1.89 bits per heavy atom. The van der Waals surface area contributed by atoms with Crippen LogP contribution in [0.2, 0.25) is 0 Å². The Hall–Kier alpha value is -1.48. The van der Waals surface area contributed by atoms with Gasteiger partial charge in [0.15, 0.2) is 6.10 Å². The van der Waals surface area contributed by atoms with Crippen LogP contribution in [0.15, 0.2) is 12.2 Å². The first-order valence-corrected chi connectivity index (χ1v) is 19.4. The highest BCUT2D eigenvalue weighted by Crippen LogP contribution is 2.37. The Labute approximate surface area is 287 Å². The number of carbonyl (C=O) groups excluding carboxylic acids is 2. The number of unbranched alkanes of at least 4 members (excludes halogenated alkanes) is 14. The zero-order valence-corrected chi connectivity index (χ0v) is 30.3. The van der Waals surface area contributed by atoms with Crippen LogP contribution in [0.25, 0.3) is 0 Å². The summed E-state index contributed by atoms with van der Waals surface area (Å²) in [5.74, 6) is -0.0989. The van der Waals surface area contributed by atoms with Crippen LogP contribution in [-0.4, -0.2) is 70.0 Å². The number of aliphatic hydroxyl groups is 4. The molecule has 1 fully saturated rings. The Morgan fingerprint density at radius 2 is 1.30 bits per heavy atom. The molecule has 8 heteroatoms. The summed E-state index contributed by atoms with van der Waals surface area (Å²) in [5, 5.41) is 40.7. The lowest BCUT2D eigenvalue weighted by Gasteiger charge is -2.21. The van der Waals surface area contributed by atoms with Gasteiger partial charge >= 0.3 is 11.9 Å². The average Bonchev–Trinajstić information content (AvgIpc) is 3.31. The first kappa shape index (κ1) is 43.5. The van der Waals surface area contributed by atoms with E-state index in [0.717, 1.165) is 70.1 Å². The molecule has 0 unspecified atom stereocenters. The Balaban J connectivity index is 2.10. The molecule has 6 atom stereocenters. The predicted molar refractivity (Wildman–Crippen MR) is 189 cm³/mol. The number of hydrogen-bond donors (Lipinski definition) is 4. The molecule has 1 aliphatic carbocycles. The fraction of sp³-hybridized carbons (Fsp3) is 0.897. The van der Waals surface area contributed by atoms with Gasteiger partial charge in [-0.25, -0.2) is 0 Å². The zero-order valence-electron chi connectivity index (χ0n) is 30.3. The van der Waals surface area contributed by atoms with Crippen molar-refractivity contribution in [3.63, 3.8) is 0 Å². The van der Waals surface area contributed by atoms with E-state index in [1.165, 1.54) is 51.4 Å². The van der Waals surface area contributed by atoms with Crippen molar-refractivity contribution in [2.75, 3.05) is 13.2 Å². The molecule has 1 aliphatic rings. The highest BCUT2D eigenvalue weighted by Gasteiger charge is 2.39. The molecule has 0 amide bonds. The predicted octanol–water partition coefficient (Wildman–Crippen LogP) is 7.97. The van der Waals surface area contributed by atoms with Gasteiger partial charge in [0, 0.05) is 25.2 Å². The number of rotatable bonds is 30. The molecule has 0 aromatic rings. The van der Waals surface area contributed by atoms with Gasteiger partial charge < -0.3 is 29.9 Å². The minimum atomic E-state index is -0.834. The largest absolute Gasteiger partial charge is 0.462 e.